The molecular weight excluding hydrogens is 288 g/mol. The van der Waals surface area contributed by atoms with Gasteiger partial charge in [0, 0.05) is 20.3 Å². The molecular formula is C15H28N2O5. The van der Waals surface area contributed by atoms with Crippen LogP contribution in [0.15, 0.2) is 0 Å². The molecule has 0 unspecified atom stereocenters. The third-order valence-electron chi connectivity index (χ3n) is 3.42. The van der Waals surface area contributed by atoms with Crippen LogP contribution in [-0.2, 0) is 19.0 Å². The molecule has 1 aliphatic rings. The highest BCUT2D eigenvalue weighted by atomic mass is 16.5. The van der Waals surface area contributed by atoms with Crippen LogP contribution in [0.2, 0.25) is 0 Å². The number of nitrogens with zero attached hydrogens (tertiary/aromatic N) is 1. The molecule has 1 aliphatic heterocycles. The van der Waals surface area contributed by atoms with Gasteiger partial charge in [-0.3, -0.25) is 9.69 Å². The van der Waals surface area contributed by atoms with Crippen LogP contribution in [0.5, 0.6) is 0 Å². The van der Waals surface area contributed by atoms with E-state index in [9.17, 15) is 9.59 Å². The van der Waals surface area contributed by atoms with E-state index in [4.69, 9.17) is 14.2 Å². The minimum absolute atomic E-state index is 0.151. The highest BCUT2D eigenvalue weighted by molar-refractivity contribution is 6.06. The van der Waals surface area contributed by atoms with E-state index in [1.54, 1.807) is 21.0 Å². The Bertz CT molecular complexity index is 360. The summed E-state index contributed by atoms with van der Waals surface area (Å²) in [5.74, 6) is -0.151. The summed E-state index contributed by atoms with van der Waals surface area (Å²) in [5.41, 5.74) is -0.775. The van der Waals surface area contributed by atoms with E-state index >= 15 is 0 Å². The number of ether oxygens (including phenoxy) is 3. The number of imide groups is 1. The van der Waals surface area contributed by atoms with E-state index in [2.05, 4.69) is 5.32 Å². The van der Waals surface area contributed by atoms with Gasteiger partial charge in [0.05, 0.1) is 26.4 Å². The first kappa shape index (κ1) is 18.9. The summed E-state index contributed by atoms with van der Waals surface area (Å²) in [5, 5.41) is 2.67. The first-order chi connectivity index (χ1) is 10.5. The van der Waals surface area contributed by atoms with Gasteiger partial charge in [-0.25, -0.2) is 4.79 Å². The van der Waals surface area contributed by atoms with Crippen molar-refractivity contribution in [3.63, 3.8) is 0 Å². The number of carbonyl (C=O) groups is 2. The Kier molecular flexibility index (Phi) is 8.37. The van der Waals surface area contributed by atoms with E-state index in [1.165, 1.54) is 4.90 Å². The van der Waals surface area contributed by atoms with Crippen molar-refractivity contribution in [1.29, 1.82) is 0 Å². The Morgan fingerprint density at radius 2 is 1.59 bits per heavy atom. The van der Waals surface area contributed by atoms with E-state index in [1.807, 2.05) is 0 Å². The fraction of sp³-hybridized carbons (Fsp3) is 0.867. The van der Waals surface area contributed by atoms with Gasteiger partial charge in [0.25, 0.3) is 5.91 Å². The van der Waals surface area contributed by atoms with Crippen LogP contribution in [0, 0.1) is 0 Å². The van der Waals surface area contributed by atoms with Crippen molar-refractivity contribution in [2.24, 2.45) is 0 Å². The van der Waals surface area contributed by atoms with Crippen LogP contribution in [-0.4, -0.2) is 69.1 Å². The maximum atomic E-state index is 11.9. The Morgan fingerprint density at radius 1 is 0.955 bits per heavy atom. The fourth-order valence-electron chi connectivity index (χ4n) is 2.14. The molecule has 128 valence electrons. The zero-order valence-electron chi connectivity index (χ0n) is 13.9. The number of rotatable bonds is 12. The van der Waals surface area contributed by atoms with E-state index in [0.29, 0.717) is 39.6 Å². The highest BCUT2D eigenvalue weighted by Crippen LogP contribution is 2.17. The SMILES string of the molecule is COCCOCCOCCCCCN1C(=O)NC(C)(C)C1=O. The minimum atomic E-state index is -0.775. The van der Waals surface area contributed by atoms with Crippen molar-refractivity contribution in [3.05, 3.63) is 0 Å². The molecule has 1 fully saturated rings. The first-order valence-electron chi connectivity index (χ1n) is 7.77. The Hall–Kier alpha value is -1.18. The van der Waals surface area contributed by atoms with E-state index in [0.717, 1.165) is 19.3 Å². The molecule has 0 aliphatic carbocycles. The highest BCUT2D eigenvalue weighted by Gasteiger charge is 2.43. The van der Waals surface area contributed by atoms with Gasteiger partial charge in [-0.1, -0.05) is 0 Å². The van der Waals surface area contributed by atoms with Crippen molar-refractivity contribution in [1.82, 2.24) is 10.2 Å². The maximum Gasteiger partial charge on any atom is 0.325 e. The van der Waals surface area contributed by atoms with Gasteiger partial charge in [0.15, 0.2) is 0 Å². The topological polar surface area (TPSA) is 77.1 Å². The summed E-state index contributed by atoms with van der Waals surface area (Å²) in [6.45, 7) is 6.90. The largest absolute Gasteiger partial charge is 0.382 e. The lowest BCUT2D eigenvalue weighted by Gasteiger charge is -2.15. The van der Waals surface area contributed by atoms with Crippen LogP contribution in [0.3, 0.4) is 0 Å². The Labute approximate surface area is 132 Å². The summed E-state index contributed by atoms with van der Waals surface area (Å²) >= 11 is 0. The molecule has 0 atom stereocenters. The molecule has 0 spiro atoms. The summed E-state index contributed by atoms with van der Waals surface area (Å²) in [7, 11) is 1.64. The van der Waals surface area contributed by atoms with Crippen LogP contribution in [0.25, 0.3) is 0 Å². The summed E-state index contributed by atoms with van der Waals surface area (Å²) < 4.78 is 15.6. The molecule has 1 N–H and O–H groups in total. The number of urea groups is 1. The number of unbranched alkanes of at least 4 members (excludes halogenated alkanes) is 2. The van der Waals surface area contributed by atoms with Crippen LogP contribution in [0.1, 0.15) is 33.1 Å². The molecule has 0 bridgehead atoms. The van der Waals surface area contributed by atoms with Gasteiger partial charge in [-0.15, -0.1) is 0 Å². The predicted octanol–water partition coefficient (Wildman–Crippen LogP) is 1.17. The number of hydrogen-bond donors (Lipinski definition) is 1. The molecule has 1 heterocycles. The molecule has 7 nitrogen and oxygen atoms in total. The van der Waals surface area contributed by atoms with Gasteiger partial charge in [-0.2, -0.15) is 0 Å². The van der Waals surface area contributed by atoms with Gasteiger partial charge < -0.3 is 19.5 Å². The van der Waals surface area contributed by atoms with Gasteiger partial charge in [0.1, 0.15) is 5.54 Å². The minimum Gasteiger partial charge on any atom is -0.382 e. The number of nitrogens with one attached hydrogen (secondary N) is 1. The van der Waals surface area contributed by atoms with Crippen molar-refractivity contribution in [2.75, 3.05) is 46.7 Å². The van der Waals surface area contributed by atoms with Crippen molar-refractivity contribution >= 4 is 11.9 Å². The van der Waals surface area contributed by atoms with Crippen molar-refractivity contribution < 1.29 is 23.8 Å². The molecule has 0 saturated carbocycles. The summed E-state index contributed by atoms with van der Waals surface area (Å²) in [6.07, 6.45) is 2.62. The first-order valence-corrected chi connectivity index (χ1v) is 7.77. The molecule has 0 aromatic heterocycles. The number of methoxy groups -OCH3 is 1. The van der Waals surface area contributed by atoms with Gasteiger partial charge >= 0.3 is 6.03 Å². The monoisotopic (exact) mass is 316 g/mol. The number of carbonyl (C=O) groups excluding carboxylic acids is 2. The molecule has 7 heteroatoms. The predicted molar refractivity (Wildman–Crippen MR) is 81.7 cm³/mol. The molecule has 22 heavy (non-hydrogen) atoms. The molecule has 1 saturated heterocycles. The lowest BCUT2D eigenvalue weighted by molar-refractivity contribution is -0.130. The molecule has 3 amide bonds. The Morgan fingerprint density at radius 3 is 2.18 bits per heavy atom. The van der Waals surface area contributed by atoms with Crippen molar-refractivity contribution in [3.8, 4) is 0 Å². The second-order valence-electron chi connectivity index (χ2n) is 5.79. The lowest BCUT2D eigenvalue weighted by Crippen LogP contribution is -2.40. The van der Waals surface area contributed by atoms with E-state index in [-0.39, 0.29) is 11.9 Å². The second-order valence-corrected chi connectivity index (χ2v) is 5.79. The summed E-state index contributed by atoms with van der Waals surface area (Å²) in [6, 6.07) is -0.292. The fourth-order valence-corrected chi connectivity index (χ4v) is 2.14. The molecule has 1 rings (SSSR count). The Balaban J connectivity index is 1.96. The molecule has 0 radical (unpaired) electrons. The maximum absolute atomic E-state index is 11.9. The zero-order chi connectivity index (χ0) is 16.4. The van der Waals surface area contributed by atoms with Gasteiger partial charge in [-0.05, 0) is 33.1 Å². The van der Waals surface area contributed by atoms with Crippen LogP contribution in [0.4, 0.5) is 4.79 Å². The van der Waals surface area contributed by atoms with Crippen molar-refractivity contribution in [2.45, 2.75) is 38.6 Å². The molecule has 0 aromatic rings. The number of hydrogen-bond acceptors (Lipinski definition) is 5. The quantitative estimate of drug-likeness (QED) is 0.432. The van der Waals surface area contributed by atoms with Crippen LogP contribution < -0.4 is 5.32 Å². The van der Waals surface area contributed by atoms with Gasteiger partial charge in [0.2, 0.25) is 0 Å². The smallest absolute Gasteiger partial charge is 0.325 e. The lowest BCUT2D eigenvalue weighted by atomic mass is 10.1. The normalized spacial score (nSPS) is 17.1. The standard InChI is InChI=1S/C15H28N2O5/c1-15(2)13(18)17(14(19)16-15)7-5-4-6-8-21-11-12-22-10-9-20-3/h4-12H2,1-3H3,(H,16,19). The third-order valence-corrected chi connectivity index (χ3v) is 3.42. The average Bonchev–Trinajstić information content (AvgIpc) is 2.66. The third kappa shape index (κ3) is 6.29. The number of amides is 3. The average molecular weight is 316 g/mol. The van der Waals surface area contributed by atoms with Crippen LogP contribution >= 0.6 is 0 Å². The second kappa shape index (κ2) is 9.76. The zero-order valence-corrected chi connectivity index (χ0v) is 13.9. The summed E-state index contributed by atoms with van der Waals surface area (Å²) in [4.78, 5) is 24.9. The van der Waals surface area contributed by atoms with E-state index < -0.39 is 5.54 Å². The molecule has 0 aromatic carbocycles.